The van der Waals surface area contributed by atoms with Gasteiger partial charge in [0, 0.05) is 0 Å². The van der Waals surface area contributed by atoms with Crippen LogP contribution in [0.3, 0.4) is 0 Å². The number of unbranched alkanes of at least 4 members (excludes halogenated alkanes) is 4. The van der Waals surface area contributed by atoms with Crippen molar-refractivity contribution in [1.29, 1.82) is 0 Å². The second-order valence-electron chi connectivity index (χ2n) is 18.4. The molecule has 4 rings (SSSR count). The second kappa shape index (κ2) is 30.8. The van der Waals surface area contributed by atoms with E-state index in [1.54, 1.807) is 0 Å². The van der Waals surface area contributed by atoms with Gasteiger partial charge < -0.3 is 54.6 Å². The lowest BCUT2D eigenvalue weighted by molar-refractivity contribution is -0.0833. The van der Waals surface area contributed by atoms with E-state index < -0.39 is 267 Å². The van der Waals surface area contributed by atoms with Gasteiger partial charge in [-0.2, -0.15) is 0 Å². The van der Waals surface area contributed by atoms with Gasteiger partial charge in [0.05, 0.1) is 24.2 Å². The zero-order valence-electron chi connectivity index (χ0n) is 44.2. The van der Waals surface area contributed by atoms with E-state index in [9.17, 15) is 156 Å². The Morgan fingerprint density at radius 1 is 0.204 bits per heavy atom. The Kier molecular flexibility index (Phi) is 27.4. The molecule has 544 valence electrons. The predicted molar refractivity (Wildman–Crippen MR) is 263 cm³/mol. The fraction of sp³-hybridized carbons (Fsp3) is 0.742. The van der Waals surface area contributed by atoms with Crippen LogP contribution in [0.1, 0.15) is 32.1 Å². The third-order valence-electron chi connectivity index (χ3n) is 12.0. The van der Waals surface area contributed by atoms with Gasteiger partial charge in [0.2, 0.25) is 125 Å². The lowest BCUT2D eigenvalue weighted by atomic mass is 9.87. The smallest absolute Gasteiger partial charge is 0.218 e. The molecule has 0 aromatic heterocycles. The van der Waals surface area contributed by atoms with Crippen LogP contribution in [0, 0.1) is 0 Å². The van der Waals surface area contributed by atoms with Crippen molar-refractivity contribution in [1.82, 2.24) is 9.80 Å². The van der Waals surface area contributed by atoms with Crippen LogP contribution in [0.2, 0.25) is 0 Å². The molecular formula is C31H38N2O48S12-12. The molecule has 0 saturated heterocycles. The summed E-state index contributed by atoms with van der Waals surface area (Å²) < 4.78 is 482. The first-order valence-corrected chi connectivity index (χ1v) is 39.5. The van der Waals surface area contributed by atoms with Crippen molar-refractivity contribution in [2.24, 2.45) is 0 Å². The molecule has 0 aromatic carbocycles. The first-order valence-electron chi connectivity index (χ1n) is 23.5. The predicted octanol–water partition coefficient (Wildman–Crippen LogP) is -10.6. The molecule has 62 heteroatoms. The summed E-state index contributed by atoms with van der Waals surface area (Å²) in [5.41, 5.74) is 0. The number of rotatable bonds is 36. The Bertz CT molecular complexity index is 3700. The molecule has 0 radical (unpaired) electrons. The summed E-state index contributed by atoms with van der Waals surface area (Å²) >= 11 is 0. The molecule has 16 atom stereocenters. The van der Waals surface area contributed by atoms with E-state index in [1.807, 2.05) is 0 Å². The van der Waals surface area contributed by atoms with E-state index in [-0.39, 0.29) is 24.3 Å². The van der Waals surface area contributed by atoms with Gasteiger partial charge in [-0.05, 0) is 25.9 Å². The maximum atomic E-state index is 12.2. The minimum Gasteiger partial charge on any atom is -0.726 e. The maximum Gasteiger partial charge on any atom is 0.218 e. The topological polar surface area (TPSA) is 804 Å². The molecule has 0 spiro atoms. The molecule has 0 aromatic rings. The molecule has 93 heavy (non-hydrogen) atoms. The van der Waals surface area contributed by atoms with Crippen molar-refractivity contribution in [2.75, 3.05) is 13.1 Å². The van der Waals surface area contributed by atoms with E-state index in [2.05, 4.69) is 50.2 Å². The molecule has 0 heterocycles. The Morgan fingerprint density at radius 3 is 0.495 bits per heavy atom. The first kappa shape index (κ1) is 82.7. The van der Waals surface area contributed by atoms with E-state index in [0.29, 0.717) is 34.1 Å². The molecule has 4 aliphatic rings. The average molecular weight is 1590 g/mol. The lowest BCUT2D eigenvalue weighted by Gasteiger charge is -2.49. The summed E-state index contributed by atoms with van der Waals surface area (Å²) in [6.07, 6.45) is -37.4. The SMILES string of the molecule is O=S(=O)([O-])O[C@H]1[C@H](OS(=O)(=O)[O-])[C@@H](N(CCCCCCCN([C@H]2C=C[C@@H](OS(=O)(=O)[O-])[C@@H](OS(=O)(=O)[O-])[C@@H]2OS(=O)(=O)[O-])[C@H]2C=C[C@@H](OS(=O)(=O)[O-])[C@@H](OS(=O)(=O)[O-])[C@@H]2OS(=O)(=O)[O-])[C@H]2C=C[C@@H](OS(=O)(=O)[O-])[C@@H](OS(=O)(=O)[O-])[C@@H]2OS(=O)(=O)[O-])C=C[C@H]1OS(=O)(=O)[O-]. The van der Waals surface area contributed by atoms with Crippen LogP contribution in [-0.2, 0) is 175 Å². The number of nitrogens with zero attached hydrogens (tertiary/aromatic N) is 2. The highest BCUT2D eigenvalue weighted by Crippen LogP contribution is 2.38. The molecule has 0 saturated carbocycles. The van der Waals surface area contributed by atoms with Crippen molar-refractivity contribution >= 4 is 125 Å². The van der Waals surface area contributed by atoms with Gasteiger partial charge >= 0.3 is 0 Å². The van der Waals surface area contributed by atoms with Gasteiger partial charge in [-0.15, -0.1) is 0 Å². The first-order chi connectivity index (χ1) is 41.6. The Labute approximate surface area is 528 Å². The fourth-order valence-corrected chi connectivity index (χ4v) is 15.2. The number of hydrogen-bond donors (Lipinski definition) is 0. The van der Waals surface area contributed by atoms with E-state index in [0.717, 1.165) is 0 Å². The maximum absolute atomic E-state index is 12.2. The van der Waals surface area contributed by atoms with Crippen molar-refractivity contribution in [3.63, 3.8) is 0 Å². The van der Waals surface area contributed by atoms with Gasteiger partial charge in [-0.25, -0.2) is 101 Å². The molecule has 0 amide bonds. The summed E-state index contributed by atoms with van der Waals surface area (Å²) in [5.74, 6) is 0. The van der Waals surface area contributed by atoms with E-state index >= 15 is 0 Å². The zero-order valence-corrected chi connectivity index (χ0v) is 54.0. The molecule has 0 N–H and O–H groups in total. The van der Waals surface area contributed by atoms with Crippen molar-refractivity contribution in [3.05, 3.63) is 48.6 Å². The summed E-state index contributed by atoms with van der Waals surface area (Å²) in [6.45, 7) is -2.22. The standard InChI is InChI=1S/C31H50N2O48S12/c34-82(35,36)70-20-10-6-16(24(74-86(46,47)48)28(20)78-90(58,59)60)32(17-7-11-21(71-83(37,38)39)29(79-91(61,62)63)25(17)75-87(49,50)51)14-4-2-1-3-5-15-33(18-8-12-22(72-84(40,41)42)30(80-92(64,65)66)26(18)76-88(52,53)54)19-9-13-23(73-85(43,44)45)31(81-93(67,68)69)27(19)77-89(55,56)57/h6-13,16-31H,1-5,14-15H2,(H,34,35,36)(H,37,38,39)(H,40,41,42)(H,43,44,45)(H,46,47,48)(H,49,50,51)(H,52,53,54)(H,55,56,57)(H,58,59,60)(H,61,62,63)(H,64,65,66)(H,67,68,69)/p-12/t16-,17-,18-,19-,20+,21+,22+,23+,24+,25+,26+,27+,28+,29+,30+,31+/m0/s1. The highest BCUT2D eigenvalue weighted by Gasteiger charge is 2.53. The molecule has 50 nitrogen and oxygen atoms in total. The highest BCUT2D eigenvalue weighted by molar-refractivity contribution is 7.83. The molecule has 0 bridgehead atoms. The normalized spacial score (nSPS) is 30.1. The van der Waals surface area contributed by atoms with Crippen LogP contribution in [0.4, 0.5) is 0 Å². The van der Waals surface area contributed by atoms with Gasteiger partial charge in [-0.1, -0.05) is 67.9 Å². The van der Waals surface area contributed by atoms with Crippen LogP contribution in [0.5, 0.6) is 0 Å². The van der Waals surface area contributed by atoms with Gasteiger partial charge in [-0.3, -0.25) is 60.0 Å². The molecule has 4 aliphatic carbocycles. The minimum absolute atomic E-state index is 0.234. The quantitative estimate of drug-likeness (QED) is 0.0243. The second-order valence-corrected chi connectivity index (χ2v) is 30.5. The fourth-order valence-electron chi connectivity index (χ4n) is 9.47. The molecule has 0 fully saturated rings. The Hall–Kier alpha value is -2.68. The van der Waals surface area contributed by atoms with Crippen LogP contribution < -0.4 is 0 Å². The molecule has 0 aliphatic heterocycles. The van der Waals surface area contributed by atoms with Crippen LogP contribution in [-0.4, -0.2) is 276 Å². The minimum atomic E-state index is -6.44. The highest BCUT2D eigenvalue weighted by atomic mass is 32.3. The van der Waals surface area contributed by atoms with Crippen molar-refractivity contribution in [2.45, 2.75) is 130 Å². The van der Waals surface area contributed by atoms with Crippen molar-refractivity contribution < 1.29 is 206 Å². The summed E-state index contributed by atoms with van der Waals surface area (Å²) in [4.78, 5) is 0.771. The zero-order chi connectivity index (χ0) is 71.5. The Balaban J connectivity index is 1.95. The van der Waals surface area contributed by atoms with Gasteiger partial charge in [0.15, 0.2) is 0 Å². The largest absolute Gasteiger partial charge is 0.726 e. The monoisotopic (exact) mass is 1590 g/mol. The third-order valence-corrected chi connectivity index (χ3v) is 17.5. The van der Waals surface area contributed by atoms with Gasteiger partial charge in [0.1, 0.15) is 73.2 Å². The van der Waals surface area contributed by atoms with E-state index in [1.165, 1.54) is 0 Å². The van der Waals surface area contributed by atoms with Crippen LogP contribution in [0.15, 0.2) is 48.6 Å². The van der Waals surface area contributed by atoms with Crippen molar-refractivity contribution in [3.8, 4) is 0 Å². The third kappa shape index (κ3) is 29.7. The summed E-state index contributed by atoms with van der Waals surface area (Å²) in [7, 11) is -75.9. The summed E-state index contributed by atoms with van der Waals surface area (Å²) in [5, 5.41) is 0. The molecule has 0 unspecified atom stereocenters. The van der Waals surface area contributed by atoms with Crippen LogP contribution in [0.25, 0.3) is 0 Å². The van der Waals surface area contributed by atoms with Crippen LogP contribution >= 0.6 is 0 Å². The average Bonchev–Trinajstić information content (AvgIpc) is 0.767. The Morgan fingerprint density at radius 2 is 0.344 bits per heavy atom. The van der Waals surface area contributed by atoms with E-state index in [4.69, 9.17) is 0 Å². The lowest BCUT2D eigenvalue weighted by Crippen LogP contribution is -2.64. The van der Waals surface area contributed by atoms with Gasteiger partial charge in [0.25, 0.3) is 0 Å². The number of hydrogen-bond acceptors (Lipinski definition) is 50. The summed E-state index contributed by atoms with van der Waals surface area (Å²) in [6, 6.07) is -10.3. The molecular weight excluding hydrogens is 1550 g/mol.